The zero-order valence-corrected chi connectivity index (χ0v) is 15.8. The lowest BCUT2D eigenvalue weighted by Crippen LogP contribution is -2.07. The van der Waals surface area contributed by atoms with Gasteiger partial charge >= 0.3 is 5.97 Å². The molecule has 0 aliphatic heterocycles. The first kappa shape index (κ1) is 18.1. The molecule has 0 aliphatic carbocycles. The molecule has 4 rings (SSSR count). The van der Waals surface area contributed by atoms with E-state index in [1.54, 1.807) is 13.2 Å². The minimum Gasteiger partial charge on any atom is -0.497 e. The molecule has 28 heavy (non-hydrogen) atoms. The van der Waals surface area contributed by atoms with Crippen LogP contribution in [0.25, 0.3) is 22.4 Å². The number of methoxy groups -OCH3 is 1. The number of aromatic nitrogens is 2. The lowest BCUT2D eigenvalue weighted by molar-refractivity contribution is -0.141. The second kappa shape index (κ2) is 8.18. The average molecular weight is 396 g/mol. The van der Waals surface area contributed by atoms with Crippen molar-refractivity contribution >= 4 is 28.8 Å². The van der Waals surface area contributed by atoms with Gasteiger partial charge in [0.2, 0.25) is 0 Å². The van der Waals surface area contributed by atoms with Crippen molar-refractivity contribution in [3.63, 3.8) is 0 Å². The zero-order valence-electron chi connectivity index (χ0n) is 15.0. The highest BCUT2D eigenvalue weighted by molar-refractivity contribution is 7.99. The van der Waals surface area contributed by atoms with E-state index in [1.165, 1.54) is 11.8 Å². The Labute approximate surface area is 164 Å². The summed E-state index contributed by atoms with van der Waals surface area (Å²) in [6, 6.07) is 16.6. The van der Waals surface area contributed by atoms with E-state index in [1.807, 2.05) is 48.5 Å². The number of para-hydroxylation sites is 2. The summed E-state index contributed by atoms with van der Waals surface area (Å²) < 4.78 is 21.3. The number of rotatable bonds is 7. The second-order valence-corrected chi connectivity index (χ2v) is 6.74. The fourth-order valence-electron chi connectivity index (χ4n) is 2.52. The molecule has 0 unspecified atom stereocenters. The van der Waals surface area contributed by atoms with Crippen LogP contribution in [0.5, 0.6) is 5.75 Å². The Morgan fingerprint density at radius 3 is 2.89 bits per heavy atom. The summed E-state index contributed by atoms with van der Waals surface area (Å²) in [4.78, 5) is 16.3. The molecule has 0 amide bonds. The number of carbonyl (C=O) groups excluding carboxylic acids is 1. The topological polar surface area (TPSA) is 87.6 Å². The SMILES string of the molecule is COc1cccc(-c2cc(COC(=O)CSc3nc4ccccc4o3)no2)c1. The van der Waals surface area contributed by atoms with Crippen LogP contribution in [-0.2, 0) is 16.1 Å². The monoisotopic (exact) mass is 396 g/mol. The Balaban J connectivity index is 1.30. The lowest BCUT2D eigenvalue weighted by Gasteiger charge is -2.01. The standard InChI is InChI=1S/C20H16N2O5S/c1-24-15-6-4-5-13(9-15)18-10-14(22-27-18)11-25-19(23)12-28-20-21-16-7-2-3-8-17(16)26-20/h2-10H,11-12H2,1H3. The third kappa shape index (κ3) is 4.17. The van der Waals surface area contributed by atoms with Gasteiger partial charge in [-0.2, -0.15) is 0 Å². The van der Waals surface area contributed by atoms with E-state index in [9.17, 15) is 4.79 Å². The number of thioether (sulfide) groups is 1. The van der Waals surface area contributed by atoms with Crippen molar-refractivity contribution in [2.24, 2.45) is 0 Å². The highest BCUT2D eigenvalue weighted by Crippen LogP contribution is 2.25. The van der Waals surface area contributed by atoms with Crippen LogP contribution in [0.1, 0.15) is 5.69 Å². The number of oxazole rings is 1. The normalized spacial score (nSPS) is 10.9. The van der Waals surface area contributed by atoms with Crippen LogP contribution in [0.2, 0.25) is 0 Å². The number of hydrogen-bond donors (Lipinski definition) is 0. The summed E-state index contributed by atoms with van der Waals surface area (Å²) >= 11 is 1.19. The van der Waals surface area contributed by atoms with Gasteiger partial charge in [0.05, 0.1) is 7.11 Å². The van der Waals surface area contributed by atoms with Crippen molar-refractivity contribution < 1.29 is 23.2 Å². The van der Waals surface area contributed by atoms with E-state index < -0.39 is 5.97 Å². The maximum Gasteiger partial charge on any atom is 0.316 e. The van der Waals surface area contributed by atoms with Crippen LogP contribution in [0.3, 0.4) is 0 Å². The van der Waals surface area contributed by atoms with Crippen LogP contribution in [0, 0.1) is 0 Å². The van der Waals surface area contributed by atoms with Crippen LogP contribution in [-0.4, -0.2) is 29.0 Å². The number of carbonyl (C=O) groups is 1. The van der Waals surface area contributed by atoms with Crippen LogP contribution in [0.4, 0.5) is 0 Å². The molecule has 2 heterocycles. The quantitative estimate of drug-likeness (QED) is 0.337. The van der Waals surface area contributed by atoms with Gasteiger partial charge in [0.1, 0.15) is 29.3 Å². The van der Waals surface area contributed by atoms with Gasteiger partial charge in [0.25, 0.3) is 5.22 Å². The molecule has 0 spiro atoms. The summed E-state index contributed by atoms with van der Waals surface area (Å²) in [5.41, 5.74) is 2.80. The van der Waals surface area contributed by atoms with Crippen molar-refractivity contribution in [1.82, 2.24) is 10.1 Å². The van der Waals surface area contributed by atoms with E-state index in [4.69, 9.17) is 18.4 Å². The van der Waals surface area contributed by atoms with Gasteiger partial charge in [0.15, 0.2) is 11.3 Å². The second-order valence-electron chi connectivity index (χ2n) is 5.81. The summed E-state index contributed by atoms with van der Waals surface area (Å²) in [6.45, 7) is 0.0282. The van der Waals surface area contributed by atoms with Crippen molar-refractivity contribution in [3.8, 4) is 17.1 Å². The van der Waals surface area contributed by atoms with Crippen molar-refractivity contribution in [2.45, 2.75) is 11.8 Å². The van der Waals surface area contributed by atoms with E-state index in [0.29, 0.717) is 22.3 Å². The highest BCUT2D eigenvalue weighted by atomic mass is 32.2. The molecule has 2 aromatic heterocycles. The van der Waals surface area contributed by atoms with Gasteiger partial charge < -0.3 is 18.4 Å². The highest BCUT2D eigenvalue weighted by Gasteiger charge is 2.12. The molecule has 4 aromatic rings. The molecule has 7 nitrogen and oxygen atoms in total. The van der Waals surface area contributed by atoms with Gasteiger partial charge in [-0.15, -0.1) is 0 Å². The fourth-order valence-corrected chi connectivity index (χ4v) is 3.16. The predicted molar refractivity (Wildman–Crippen MR) is 103 cm³/mol. The third-order valence-corrected chi connectivity index (χ3v) is 4.68. The molecule has 0 atom stereocenters. The minimum absolute atomic E-state index is 0.0282. The Bertz CT molecular complexity index is 1070. The lowest BCUT2D eigenvalue weighted by atomic mass is 10.1. The van der Waals surface area contributed by atoms with E-state index >= 15 is 0 Å². The Morgan fingerprint density at radius 2 is 2.04 bits per heavy atom. The molecule has 0 saturated carbocycles. The summed E-state index contributed by atoms with van der Waals surface area (Å²) in [5, 5.41) is 4.37. The molecule has 0 bridgehead atoms. The first-order chi connectivity index (χ1) is 13.7. The fraction of sp³-hybridized carbons (Fsp3) is 0.150. The molecule has 2 aromatic carbocycles. The van der Waals surface area contributed by atoms with E-state index in [2.05, 4.69) is 10.1 Å². The molecule has 0 N–H and O–H groups in total. The largest absolute Gasteiger partial charge is 0.497 e. The maximum atomic E-state index is 12.0. The van der Waals surface area contributed by atoms with Crippen LogP contribution < -0.4 is 4.74 Å². The molecule has 0 fully saturated rings. The minimum atomic E-state index is -0.391. The average Bonchev–Trinajstić information content (AvgIpc) is 3.37. The first-order valence-electron chi connectivity index (χ1n) is 8.45. The summed E-state index contributed by atoms with van der Waals surface area (Å²) in [6.07, 6.45) is 0. The first-order valence-corrected chi connectivity index (χ1v) is 9.44. The van der Waals surface area contributed by atoms with Crippen molar-refractivity contribution in [2.75, 3.05) is 12.9 Å². The van der Waals surface area contributed by atoms with Gasteiger partial charge in [-0.3, -0.25) is 4.79 Å². The number of nitrogens with zero attached hydrogens (tertiary/aromatic N) is 2. The van der Waals surface area contributed by atoms with Gasteiger partial charge in [-0.1, -0.05) is 41.2 Å². The third-order valence-electron chi connectivity index (χ3n) is 3.88. The molecule has 0 aliphatic rings. The Kier molecular flexibility index (Phi) is 5.29. The van der Waals surface area contributed by atoms with Gasteiger partial charge in [0, 0.05) is 11.6 Å². The number of esters is 1. The van der Waals surface area contributed by atoms with E-state index in [-0.39, 0.29) is 12.4 Å². The summed E-state index contributed by atoms with van der Waals surface area (Å²) in [5.74, 6) is 0.995. The zero-order chi connectivity index (χ0) is 19.3. The number of benzene rings is 2. The van der Waals surface area contributed by atoms with E-state index in [0.717, 1.165) is 16.8 Å². The van der Waals surface area contributed by atoms with Crippen LogP contribution >= 0.6 is 11.8 Å². The molecule has 142 valence electrons. The van der Waals surface area contributed by atoms with Crippen molar-refractivity contribution in [3.05, 3.63) is 60.3 Å². The molecule has 8 heteroatoms. The predicted octanol–water partition coefficient (Wildman–Crippen LogP) is 4.33. The van der Waals surface area contributed by atoms with Crippen LogP contribution in [0.15, 0.2) is 68.8 Å². The molecule has 0 saturated heterocycles. The smallest absolute Gasteiger partial charge is 0.316 e. The van der Waals surface area contributed by atoms with Gasteiger partial charge in [-0.05, 0) is 24.3 Å². The Hall–Kier alpha value is -3.26. The number of fused-ring (bicyclic) bond motifs is 1. The maximum absolute atomic E-state index is 12.0. The Morgan fingerprint density at radius 1 is 1.14 bits per heavy atom. The molecular formula is C20H16N2O5S. The molecule has 0 radical (unpaired) electrons. The summed E-state index contributed by atoms with van der Waals surface area (Å²) in [7, 11) is 1.60. The number of ether oxygens (including phenoxy) is 2. The van der Waals surface area contributed by atoms with Crippen molar-refractivity contribution in [1.29, 1.82) is 0 Å². The van der Waals surface area contributed by atoms with Gasteiger partial charge in [-0.25, -0.2) is 4.98 Å². The molecular weight excluding hydrogens is 380 g/mol. The number of hydrogen-bond acceptors (Lipinski definition) is 8.